The van der Waals surface area contributed by atoms with Crippen LogP contribution in [-0.4, -0.2) is 35.2 Å². The van der Waals surface area contributed by atoms with Crippen molar-refractivity contribution in [3.63, 3.8) is 0 Å². The molecule has 0 radical (unpaired) electrons. The van der Waals surface area contributed by atoms with E-state index in [9.17, 15) is 9.59 Å². The van der Waals surface area contributed by atoms with Gasteiger partial charge in [0.15, 0.2) is 11.5 Å². The van der Waals surface area contributed by atoms with Gasteiger partial charge in [0.25, 0.3) is 5.91 Å². The Balaban J connectivity index is 1.62. The molecule has 2 heterocycles. The molecule has 1 N–H and O–H groups in total. The molecule has 8 heteroatoms. The molecular formula is C20H21N3O5. The highest BCUT2D eigenvalue weighted by atomic mass is 16.5. The SMILES string of the molecule is COC(=O)[C@@H](NC(=O)c1cc(COc2ccc3ncccc3c2)on1)C(C)C. The van der Waals surface area contributed by atoms with E-state index in [1.54, 1.807) is 6.20 Å². The first kappa shape index (κ1) is 19.3. The summed E-state index contributed by atoms with van der Waals surface area (Å²) in [6, 6.07) is 10.1. The number of aromatic nitrogens is 2. The van der Waals surface area contributed by atoms with E-state index in [4.69, 9.17) is 14.0 Å². The van der Waals surface area contributed by atoms with Crippen LogP contribution in [0.1, 0.15) is 30.1 Å². The summed E-state index contributed by atoms with van der Waals surface area (Å²) in [6.45, 7) is 3.72. The molecule has 146 valence electrons. The van der Waals surface area contributed by atoms with Gasteiger partial charge in [0.1, 0.15) is 18.4 Å². The molecular weight excluding hydrogens is 362 g/mol. The van der Waals surface area contributed by atoms with Crippen molar-refractivity contribution >= 4 is 22.8 Å². The number of benzene rings is 1. The first-order chi connectivity index (χ1) is 13.5. The second kappa shape index (κ2) is 8.51. The number of ether oxygens (including phenoxy) is 2. The van der Waals surface area contributed by atoms with Crippen LogP contribution in [0.15, 0.2) is 47.1 Å². The van der Waals surface area contributed by atoms with Crippen LogP contribution in [0.2, 0.25) is 0 Å². The summed E-state index contributed by atoms with van der Waals surface area (Å²) in [5.41, 5.74) is 0.939. The number of esters is 1. The number of carbonyl (C=O) groups is 2. The van der Waals surface area contributed by atoms with Gasteiger partial charge in [0.2, 0.25) is 0 Å². The lowest BCUT2D eigenvalue weighted by atomic mass is 10.0. The van der Waals surface area contributed by atoms with Crippen molar-refractivity contribution in [2.24, 2.45) is 5.92 Å². The van der Waals surface area contributed by atoms with Crippen molar-refractivity contribution in [3.8, 4) is 5.75 Å². The summed E-state index contributed by atoms with van der Waals surface area (Å²) in [4.78, 5) is 28.4. The van der Waals surface area contributed by atoms with E-state index >= 15 is 0 Å². The lowest BCUT2D eigenvalue weighted by Crippen LogP contribution is -2.45. The zero-order chi connectivity index (χ0) is 20.1. The molecule has 3 aromatic rings. The van der Waals surface area contributed by atoms with E-state index in [0.29, 0.717) is 11.5 Å². The topological polar surface area (TPSA) is 104 Å². The molecule has 8 nitrogen and oxygen atoms in total. The highest BCUT2D eigenvalue weighted by molar-refractivity contribution is 5.95. The van der Waals surface area contributed by atoms with Crippen LogP contribution >= 0.6 is 0 Å². The number of methoxy groups -OCH3 is 1. The molecule has 0 bridgehead atoms. The molecule has 0 saturated carbocycles. The minimum Gasteiger partial charge on any atom is -0.486 e. The van der Waals surface area contributed by atoms with Gasteiger partial charge in [-0.3, -0.25) is 9.78 Å². The molecule has 0 aliphatic rings. The zero-order valence-corrected chi connectivity index (χ0v) is 15.8. The van der Waals surface area contributed by atoms with Gasteiger partial charge in [-0.25, -0.2) is 4.79 Å². The summed E-state index contributed by atoms with van der Waals surface area (Å²) in [7, 11) is 1.28. The molecule has 1 atom stereocenters. The molecule has 0 spiro atoms. The molecule has 28 heavy (non-hydrogen) atoms. The highest BCUT2D eigenvalue weighted by Gasteiger charge is 2.26. The van der Waals surface area contributed by atoms with Crippen LogP contribution in [0.3, 0.4) is 0 Å². The number of pyridine rings is 1. The van der Waals surface area contributed by atoms with Crippen molar-refractivity contribution in [1.82, 2.24) is 15.5 Å². The van der Waals surface area contributed by atoms with Gasteiger partial charge in [-0.15, -0.1) is 0 Å². The number of hydrogen-bond acceptors (Lipinski definition) is 7. The smallest absolute Gasteiger partial charge is 0.328 e. The first-order valence-corrected chi connectivity index (χ1v) is 8.80. The molecule has 0 aliphatic heterocycles. The van der Waals surface area contributed by atoms with Crippen LogP contribution in [0, 0.1) is 5.92 Å². The van der Waals surface area contributed by atoms with Gasteiger partial charge in [-0.1, -0.05) is 25.1 Å². The fourth-order valence-electron chi connectivity index (χ4n) is 2.63. The van der Waals surface area contributed by atoms with Crippen LogP contribution in [-0.2, 0) is 16.1 Å². The van der Waals surface area contributed by atoms with Crippen molar-refractivity contribution in [1.29, 1.82) is 0 Å². The summed E-state index contributed by atoms with van der Waals surface area (Å²) in [6.07, 6.45) is 1.73. The average molecular weight is 383 g/mol. The Morgan fingerprint density at radius 2 is 2.04 bits per heavy atom. The fourth-order valence-corrected chi connectivity index (χ4v) is 2.63. The third-order valence-electron chi connectivity index (χ3n) is 4.16. The average Bonchev–Trinajstić information content (AvgIpc) is 3.18. The normalized spacial score (nSPS) is 12.0. The van der Waals surface area contributed by atoms with Crippen molar-refractivity contribution in [3.05, 3.63) is 54.0 Å². The van der Waals surface area contributed by atoms with Crippen molar-refractivity contribution in [2.45, 2.75) is 26.5 Å². The van der Waals surface area contributed by atoms with Gasteiger partial charge in [-0.05, 0) is 30.2 Å². The standard InChI is InChI=1S/C20H21N3O5/c1-12(2)18(20(25)26-3)22-19(24)17-10-15(28-23-17)11-27-14-6-7-16-13(9-14)5-4-8-21-16/h4-10,12,18H,11H2,1-3H3,(H,22,24)/t18-/m0/s1. The minimum absolute atomic E-state index is 0.0656. The first-order valence-electron chi connectivity index (χ1n) is 8.80. The summed E-state index contributed by atoms with van der Waals surface area (Å²) < 4.78 is 15.6. The third-order valence-corrected chi connectivity index (χ3v) is 4.16. The van der Waals surface area contributed by atoms with Gasteiger partial charge in [0, 0.05) is 17.6 Å². The third kappa shape index (κ3) is 4.46. The Kier molecular flexibility index (Phi) is 5.88. The van der Waals surface area contributed by atoms with Gasteiger partial charge in [0.05, 0.1) is 12.6 Å². The number of carbonyl (C=O) groups excluding carboxylic acids is 2. The maximum atomic E-state index is 12.3. The molecule has 3 rings (SSSR count). The zero-order valence-electron chi connectivity index (χ0n) is 15.8. The lowest BCUT2D eigenvalue weighted by molar-refractivity contribution is -0.144. The van der Waals surface area contributed by atoms with Gasteiger partial charge >= 0.3 is 5.97 Å². The Labute approximate surface area is 161 Å². The Morgan fingerprint density at radius 3 is 2.79 bits per heavy atom. The summed E-state index contributed by atoms with van der Waals surface area (Å²) in [5.74, 6) is -0.130. The van der Waals surface area contributed by atoms with Crippen LogP contribution in [0.25, 0.3) is 10.9 Å². The molecule has 2 aromatic heterocycles. The number of fused-ring (bicyclic) bond motifs is 1. The number of rotatable bonds is 7. The molecule has 0 saturated heterocycles. The quantitative estimate of drug-likeness (QED) is 0.626. The van der Waals surface area contributed by atoms with E-state index in [-0.39, 0.29) is 18.2 Å². The summed E-state index contributed by atoms with van der Waals surface area (Å²) >= 11 is 0. The minimum atomic E-state index is -0.764. The largest absolute Gasteiger partial charge is 0.486 e. The number of amides is 1. The number of nitrogens with zero attached hydrogens (tertiary/aromatic N) is 2. The molecule has 1 aromatic carbocycles. The number of nitrogens with one attached hydrogen (secondary N) is 1. The number of hydrogen-bond donors (Lipinski definition) is 1. The maximum Gasteiger partial charge on any atom is 0.328 e. The highest BCUT2D eigenvalue weighted by Crippen LogP contribution is 2.20. The van der Waals surface area contributed by atoms with E-state index < -0.39 is 17.9 Å². The lowest BCUT2D eigenvalue weighted by Gasteiger charge is -2.18. The molecule has 0 fully saturated rings. The fraction of sp³-hybridized carbons (Fsp3) is 0.300. The molecule has 0 unspecified atom stereocenters. The van der Waals surface area contributed by atoms with E-state index in [0.717, 1.165) is 10.9 Å². The predicted octanol–water partition coefficient (Wildman–Crippen LogP) is 2.73. The predicted molar refractivity (Wildman–Crippen MR) is 101 cm³/mol. The van der Waals surface area contributed by atoms with E-state index in [1.807, 2.05) is 44.2 Å². The van der Waals surface area contributed by atoms with Crippen molar-refractivity contribution in [2.75, 3.05) is 7.11 Å². The van der Waals surface area contributed by atoms with Crippen LogP contribution < -0.4 is 10.1 Å². The second-order valence-electron chi connectivity index (χ2n) is 6.54. The Bertz CT molecular complexity index is 983. The monoisotopic (exact) mass is 383 g/mol. The second-order valence-corrected chi connectivity index (χ2v) is 6.54. The Morgan fingerprint density at radius 1 is 1.21 bits per heavy atom. The maximum absolute atomic E-state index is 12.3. The Hall–Kier alpha value is -3.42. The molecule has 0 aliphatic carbocycles. The van der Waals surface area contributed by atoms with Crippen LogP contribution in [0.4, 0.5) is 0 Å². The van der Waals surface area contributed by atoms with Crippen molar-refractivity contribution < 1.29 is 23.6 Å². The molecule has 1 amide bonds. The van der Waals surface area contributed by atoms with Crippen LogP contribution in [0.5, 0.6) is 5.75 Å². The van der Waals surface area contributed by atoms with E-state index in [2.05, 4.69) is 15.5 Å². The summed E-state index contributed by atoms with van der Waals surface area (Å²) in [5, 5.41) is 7.31. The van der Waals surface area contributed by atoms with Gasteiger partial charge in [-0.2, -0.15) is 0 Å². The van der Waals surface area contributed by atoms with Gasteiger partial charge < -0.3 is 19.3 Å². The van der Waals surface area contributed by atoms with E-state index in [1.165, 1.54) is 13.2 Å².